The van der Waals surface area contributed by atoms with E-state index < -0.39 is 0 Å². The quantitative estimate of drug-likeness (QED) is 0.691. The topological polar surface area (TPSA) is 35.5 Å². The number of ketones is 1. The molecule has 0 aromatic heterocycles. The Labute approximate surface area is 105 Å². The largest absolute Gasteiger partial charge is 0.497 e. The monoisotopic (exact) mass is 240 g/mol. The van der Waals surface area contributed by atoms with Gasteiger partial charge in [-0.3, -0.25) is 4.79 Å². The van der Waals surface area contributed by atoms with Gasteiger partial charge in [-0.2, -0.15) is 0 Å². The zero-order chi connectivity index (χ0) is 12.7. The van der Waals surface area contributed by atoms with Crippen LogP contribution >= 0.6 is 0 Å². The lowest BCUT2D eigenvalue weighted by atomic mass is 10.1. The predicted octanol–water partition coefficient (Wildman–Crippen LogP) is 2.92. The Hall–Kier alpha value is -2.29. The van der Waals surface area contributed by atoms with Crippen molar-refractivity contribution in [3.8, 4) is 22.6 Å². The van der Waals surface area contributed by atoms with Gasteiger partial charge < -0.3 is 9.47 Å². The highest BCUT2D eigenvalue weighted by Crippen LogP contribution is 2.39. The predicted molar refractivity (Wildman–Crippen MR) is 68.4 cm³/mol. The summed E-state index contributed by atoms with van der Waals surface area (Å²) in [5.74, 6) is 1.42. The average Bonchev–Trinajstić information content (AvgIpc) is 2.71. The van der Waals surface area contributed by atoms with Crippen LogP contribution in [0.5, 0.6) is 11.5 Å². The molecule has 0 atom stereocenters. The van der Waals surface area contributed by atoms with Gasteiger partial charge in [0.15, 0.2) is 5.78 Å². The molecule has 3 rings (SSSR count). The first-order chi connectivity index (χ1) is 8.74. The number of fused-ring (bicyclic) bond motifs is 3. The van der Waals surface area contributed by atoms with Gasteiger partial charge >= 0.3 is 0 Å². The van der Waals surface area contributed by atoms with Crippen LogP contribution < -0.4 is 9.47 Å². The van der Waals surface area contributed by atoms with Crippen LogP contribution in [0.2, 0.25) is 0 Å². The molecule has 1 aliphatic rings. The number of benzene rings is 2. The summed E-state index contributed by atoms with van der Waals surface area (Å²) in [7, 11) is 3.19. The molecule has 0 aliphatic heterocycles. The highest BCUT2D eigenvalue weighted by Gasteiger charge is 2.27. The second kappa shape index (κ2) is 3.88. The molecule has 0 radical (unpaired) electrons. The van der Waals surface area contributed by atoms with Gasteiger partial charge in [0.05, 0.1) is 14.2 Å². The molecule has 0 spiro atoms. The third-order valence-electron chi connectivity index (χ3n) is 3.23. The van der Waals surface area contributed by atoms with Gasteiger partial charge in [-0.25, -0.2) is 0 Å². The molecular weight excluding hydrogens is 228 g/mol. The normalized spacial score (nSPS) is 12.0. The van der Waals surface area contributed by atoms with Crippen molar-refractivity contribution >= 4 is 5.78 Å². The summed E-state index contributed by atoms with van der Waals surface area (Å²) in [5, 5.41) is 0. The summed E-state index contributed by atoms with van der Waals surface area (Å²) < 4.78 is 10.3. The Bertz CT molecular complexity index is 589. The molecule has 0 amide bonds. The summed E-state index contributed by atoms with van der Waals surface area (Å²) in [6.45, 7) is 0. The van der Waals surface area contributed by atoms with Crippen LogP contribution in [0.15, 0.2) is 36.4 Å². The maximum atomic E-state index is 12.3. The summed E-state index contributed by atoms with van der Waals surface area (Å²) in [4.78, 5) is 12.3. The number of carbonyl (C=O) groups excluding carboxylic acids is 1. The van der Waals surface area contributed by atoms with E-state index >= 15 is 0 Å². The molecule has 0 saturated heterocycles. The summed E-state index contributed by atoms with van der Waals surface area (Å²) in [6, 6.07) is 11.1. The molecule has 0 saturated carbocycles. The molecule has 0 fully saturated rings. The Morgan fingerprint density at radius 1 is 0.722 bits per heavy atom. The highest BCUT2D eigenvalue weighted by molar-refractivity contribution is 6.22. The van der Waals surface area contributed by atoms with Crippen LogP contribution in [-0.2, 0) is 0 Å². The SMILES string of the molecule is COc1ccc2c(c1)C(=O)c1cc(OC)ccc1-2. The van der Waals surface area contributed by atoms with Gasteiger partial charge in [-0.15, -0.1) is 0 Å². The zero-order valence-electron chi connectivity index (χ0n) is 10.2. The first-order valence-corrected chi connectivity index (χ1v) is 5.65. The molecule has 0 unspecified atom stereocenters. The molecule has 2 aromatic carbocycles. The van der Waals surface area contributed by atoms with Crippen molar-refractivity contribution in [3.05, 3.63) is 47.5 Å². The van der Waals surface area contributed by atoms with Crippen molar-refractivity contribution < 1.29 is 14.3 Å². The fourth-order valence-corrected chi connectivity index (χ4v) is 2.29. The average molecular weight is 240 g/mol. The molecule has 3 heteroatoms. The Morgan fingerprint density at radius 3 is 1.56 bits per heavy atom. The van der Waals surface area contributed by atoms with Crippen LogP contribution in [-0.4, -0.2) is 20.0 Å². The van der Waals surface area contributed by atoms with Crippen molar-refractivity contribution in [3.63, 3.8) is 0 Å². The smallest absolute Gasteiger partial charge is 0.194 e. The number of methoxy groups -OCH3 is 2. The van der Waals surface area contributed by atoms with Gasteiger partial charge in [0.2, 0.25) is 0 Å². The van der Waals surface area contributed by atoms with Gasteiger partial charge in [-0.05, 0) is 47.5 Å². The fraction of sp³-hybridized carbons (Fsp3) is 0.133. The minimum atomic E-state index is 0.0257. The molecule has 18 heavy (non-hydrogen) atoms. The maximum absolute atomic E-state index is 12.3. The van der Waals surface area contributed by atoms with E-state index in [1.807, 2.05) is 24.3 Å². The van der Waals surface area contributed by atoms with E-state index in [0.29, 0.717) is 22.6 Å². The van der Waals surface area contributed by atoms with Crippen molar-refractivity contribution in [2.24, 2.45) is 0 Å². The molecular formula is C15H12O3. The van der Waals surface area contributed by atoms with E-state index in [4.69, 9.17) is 9.47 Å². The van der Waals surface area contributed by atoms with Crippen LogP contribution in [0.1, 0.15) is 15.9 Å². The van der Waals surface area contributed by atoms with Gasteiger partial charge in [0.25, 0.3) is 0 Å². The Kier molecular flexibility index (Phi) is 2.33. The zero-order valence-corrected chi connectivity index (χ0v) is 10.2. The third-order valence-corrected chi connectivity index (χ3v) is 3.23. The number of rotatable bonds is 2. The lowest BCUT2D eigenvalue weighted by Gasteiger charge is -2.03. The van der Waals surface area contributed by atoms with Gasteiger partial charge in [0, 0.05) is 11.1 Å². The van der Waals surface area contributed by atoms with Crippen LogP contribution in [0.4, 0.5) is 0 Å². The maximum Gasteiger partial charge on any atom is 0.194 e. The summed E-state index contributed by atoms with van der Waals surface area (Å²) in [5.41, 5.74) is 3.30. The standard InChI is InChI=1S/C15H12O3/c1-17-9-3-5-11-12-6-4-10(18-2)8-14(12)15(16)13(11)7-9/h3-8H,1-2H3. The highest BCUT2D eigenvalue weighted by atomic mass is 16.5. The van der Waals surface area contributed by atoms with Crippen molar-refractivity contribution in [1.29, 1.82) is 0 Å². The molecule has 1 aliphatic carbocycles. The first kappa shape index (κ1) is 10.8. The molecule has 0 heterocycles. The first-order valence-electron chi connectivity index (χ1n) is 5.65. The molecule has 90 valence electrons. The lowest BCUT2D eigenvalue weighted by Crippen LogP contribution is -1.96. The summed E-state index contributed by atoms with van der Waals surface area (Å²) >= 11 is 0. The minimum Gasteiger partial charge on any atom is -0.497 e. The second-order valence-electron chi connectivity index (χ2n) is 4.15. The minimum absolute atomic E-state index is 0.0257. The second-order valence-corrected chi connectivity index (χ2v) is 4.15. The van der Waals surface area contributed by atoms with E-state index in [0.717, 1.165) is 11.1 Å². The van der Waals surface area contributed by atoms with E-state index in [2.05, 4.69) is 0 Å². The summed E-state index contributed by atoms with van der Waals surface area (Å²) in [6.07, 6.45) is 0. The fourth-order valence-electron chi connectivity index (χ4n) is 2.29. The van der Waals surface area contributed by atoms with Crippen molar-refractivity contribution in [2.45, 2.75) is 0 Å². The van der Waals surface area contributed by atoms with E-state index in [-0.39, 0.29) is 5.78 Å². The van der Waals surface area contributed by atoms with Crippen LogP contribution in [0.25, 0.3) is 11.1 Å². The van der Waals surface area contributed by atoms with Crippen LogP contribution in [0, 0.1) is 0 Å². The Balaban J connectivity index is 2.21. The van der Waals surface area contributed by atoms with Gasteiger partial charge in [-0.1, -0.05) is 0 Å². The number of hydrogen-bond acceptors (Lipinski definition) is 3. The molecule has 2 aromatic rings. The van der Waals surface area contributed by atoms with Crippen molar-refractivity contribution in [2.75, 3.05) is 14.2 Å². The third kappa shape index (κ3) is 1.40. The molecule has 3 nitrogen and oxygen atoms in total. The number of ether oxygens (including phenoxy) is 2. The Morgan fingerprint density at radius 2 is 1.17 bits per heavy atom. The van der Waals surface area contributed by atoms with Crippen LogP contribution in [0.3, 0.4) is 0 Å². The van der Waals surface area contributed by atoms with Crippen molar-refractivity contribution in [1.82, 2.24) is 0 Å². The van der Waals surface area contributed by atoms with E-state index in [1.165, 1.54) is 0 Å². The van der Waals surface area contributed by atoms with Gasteiger partial charge in [0.1, 0.15) is 11.5 Å². The molecule has 0 N–H and O–H groups in total. The molecule has 0 bridgehead atoms. The number of hydrogen-bond donors (Lipinski definition) is 0. The van der Waals surface area contributed by atoms with E-state index in [1.54, 1.807) is 26.4 Å². The lowest BCUT2D eigenvalue weighted by molar-refractivity contribution is 0.104. The number of carbonyl (C=O) groups is 1. The van der Waals surface area contributed by atoms with E-state index in [9.17, 15) is 4.79 Å².